The Morgan fingerprint density at radius 1 is 1.75 bits per heavy atom. The molecule has 2 radical (unpaired) electrons. The molecule has 0 aromatic heterocycles. The highest BCUT2D eigenvalue weighted by Crippen LogP contribution is 2.20. The van der Waals surface area contributed by atoms with Crippen molar-refractivity contribution in [2.24, 2.45) is 5.73 Å². The van der Waals surface area contributed by atoms with Gasteiger partial charge in [0.05, 0.1) is 12.2 Å². The minimum absolute atomic E-state index is 0.0407. The number of hydrogen-bond donors (Lipinski definition) is 1. The largest absolute Gasteiger partial charge is 0.381 e. The molecule has 1 rings (SSSR count). The van der Waals surface area contributed by atoms with E-state index in [2.05, 4.69) is 5.92 Å². The molecule has 0 spiro atoms. The van der Waals surface area contributed by atoms with E-state index in [-0.39, 0.29) is 24.8 Å². The van der Waals surface area contributed by atoms with Gasteiger partial charge in [0.15, 0.2) is 0 Å². The van der Waals surface area contributed by atoms with Gasteiger partial charge in [0.1, 0.15) is 14.5 Å². The molecule has 12 heavy (non-hydrogen) atoms. The molecule has 0 bridgehead atoms. The van der Waals surface area contributed by atoms with Crippen LogP contribution in [0.15, 0.2) is 0 Å². The number of terminal acetylenes is 1. The molecule has 0 saturated carbocycles. The fourth-order valence-electron chi connectivity index (χ4n) is 1.29. The molecule has 0 aliphatic carbocycles. The first-order valence-corrected chi connectivity index (χ1v) is 3.94. The van der Waals surface area contributed by atoms with Crippen LogP contribution in [-0.4, -0.2) is 39.2 Å². The highest BCUT2D eigenvalue weighted by atomic mass is 16.6. The predicted molar refractivity (Wildman–Crippen MR) is 46.7 cm³/mol. The van der Waals surface area contributed by atoms with Crippen molar-refractivity contribution in [1.82, 2.24) is 0 Å². The Hall–Kier alpha value is -0.495. The van der Waals surface area contributed by atoms with E-state index in [1.165, 1.54) is 0 Å². The van der Waals surface area contributed by atoms with Crippen LogP contribution in [0.25, 0.3) is 0 Å². The van der Waals surface area contributed by atoms with Gasteiger partial charge in [0.2, 0.25) is 0 Å². The van der Waals surface area contributed by atoms with Crippen LogP contribution >= 0.6 is 0 Å². The van der Waals surface area contributed by atoms with E-state index in [0.29, 0.717) is 13.0 Å². The van der Waals surface area contributed by atoms with E-state index in [1.807, 2.05) is 0 Å². The molecule has 4 heteroatoms. The smallest absolute Gasteiger partial charge is 0.109 e. The zero-order valence-corrected chi connectivity index (χ0v) is 6.90. The topological polar surface area (TPSA) is 44.5 Å². The average Bonchev–Trinajstić information content (AvgIpc) is 2.42. The number of rotatable bonds is 3. The van der Waals surface area contributed by atoms with Crippen LogP contribution in [0.1, 0.15) is 6.42 Å². The Bertz CT molecular complexity index is 180. The first-order chi connectivity index (χ1) is 5.77. The second-order valence-electron chi connectivity index (χ2n) is 2.74. The molecule has 1 heterocycles. The second-order valence-corrected chi connectivity index (χ2v) is 2.74. The van der Waals surface area contributed by atoms with Crippen molar-refractivity contribution in [1.29, 1.82) is 0 Å². The first kappa shape index (κ1) is 9.59. The van der Waals surface area contributed by atoms with Crippen LogP contribution in [0.4, 0.5) is 0 Å². The van der Waals surface area contributed by atoms with Gasteiger partial charge in [-0.2, -0.15) is 0 Å². The van der Waals surface area contributed by atoms with E-state index < -0.39 is 0 Å². The summed E-state index contributed by atoms with van der Waals surface area (Å²) in [5, 5.41) is 0. The number of hydrogen-bond acceptors (Lipinski definition) is 3. The third-order valence-corrected chi connectivity index (χ3v) is 1.84. The zero-order chi connectivity index (χ0) is 8.97. The monoisotopic (exact) mass is 165 g/mol. The summed E-state index contributed by atoms with van der Waals surface area (Å²) in [5.74, 6) is 2.39. The molecule has 3 nitrogen and oxygen atoms in total. The molecule has 2 N–H and O–H groups in total. The number of ether oxygens (including phenoxy) is 2. The van der Waals surface area contributed by atoms with Gasteiger partial charge in [-0.1, -0.05) is 5.92 Å². The van der Waals surface area contributed by atoms with Crippen LogP contribution < -0.4 is 5.73 Å². The third kappa shape index (κ3) is 2.24. The lowest BCUT2D eigenvalue weighted by atomic mass is 9.96. The van der Waals surface area contributed by atoms with Crippen molar-refractivity contribution in [3.05, 3.63) is 0 Å². The molecular weight excluding hydrogens is 153 g/mol. The summed E-state index contributed by atoms with van der Waals surface area (Å²) in [5.41, 5.74) is 5.45. The lowest BCUT2D eigenvalue weighted by Crippen LogP contribution is -2.32. The molecular formula is C8H12BNO2. The molecule has 1 fully saturated rings. The van der Waals surface area contributed by atoms with Crippen LogP contribution in [-0.2, 0) is 9.47 Å². The molecule has 1 aliphatic heterocycles. The molecule has 0 aromatic rings. The van der Waals surface area contributed by atoms with Gasteiger partial charge < -0.3 is 15.2 Å². The van der Waals surface area contributed by atoms with Gasteiger partial charge in [0, 0.05) is 12.5 Å². The van der Waals surface area contributed by atoms with Crippen molar-refractivity contribution in [3.63, 3.8) is 0 Å². The van der Waals surface area contributed by atoms with Gasteiger partial charge in [-0.25, -0.2) is 0 Å². The lowest BCUT2D eigenvalue weighted by Gasteiger charge is -2.15. The molecule has 3 unspecified atom stereocenters. The fraction of sp³-hybridized carbons (Fsp3) is 0.750. The predicted octanol–water partition coefficient (Wildman–Crippen LogP) is -0.753. The normalized spacial score (nSPS) is 34.8. The maximum absolute atomic E-state index is 5.55. The molecule has 0 amide bonds. The van der Waals surface area contributed by atoms with E-state index in [1.54, 1.807) is 0 Å². The second kappa shape index (κ2) is 4.51. The molecule has 3 atom stereocenters. The average molecular weight is 165 g/mol. The van der Waals surface area contributed by atoms with Crippen LogP contribution in [0.3, 0.4) is 0 Å². The summed E-state index contributed by atoms with van der Waals surface area (Å²) >= 11 is 0. The standard InChI is InChI=1S/C8H12BNO2/c1-2-3-11-6-4-8(9)12-7(6)5-10/h1,6-8H,3-5,10H2. The SMILES string of the molecule is [B]C1CC(OCC#C)C(CN)O1. The van der Waals surface area contributed by atoms with Crippen molar-refractivity contribution in [2.45, 2.75) is 24.6 Å². The van der Waals surface area contributed by atoms with E-state index in [9.17, 15) is 0 Å². The van der Waals surface area contributed by atoms with Crippen molar-refractivity contribution < 1.29 is 9.47 Å². The van der Waals surface area contributed by atoms with Gasteiger partial charge in [-0.3, -0.25) is 0 Å². The van der Waals surface area contributed by atoms with Crippen LogP contribution in [0.2, 0.25) is 0 Å². The van der Waals surface area contributed by atoms with Gasteiger partial charge in [-0.15, -0.1) is 6.42 Å². The molecule has 64 valence electrons. The maximum atomic E-state index is 5.55. The molecule has 0 aromatic carbocycles. The fourth-order valence-corrected chi connectivity index (χ4v) is 1.29. The summed E-state index contributed by atoms with van der Waals surface area (Å²) < 4.78 is 10.6. The summed E-state index contributed by atoms with van der Waals surface area (Å²) in [7, 11) is 5.55. The maximum Gasteiger partial charge on any atom is 0.109 e. The van der Waals surface area contributed by atoms with Gasteiger partial charge in [0.25, 0.3) is 0 Å². The van der Waals surface area contributed by atoms with E-state index in [0.717, 1.165) is 0 Å². The van der Waals surface area contributed by atoms with Crippen LogP contribution in [0, 0.1) is 12.3 Å². The van der Waals surface area contributed by atoms with Crippen molar-refractivity contribution in [3.8, 4) is 12.3 Å². The van der Waals surface area contributed by atoms with Gasteiger partial charge >= 0.3 is 0 Å². The summed E-state index contributed by atoms with van der Waals surface area (Å²) in [6, 6.07) is -0.263. The Morgan fingerprint density at radius 2 is 2.50 bits per heavy atom. The van der Waals surface area contributed by atoms with E-state index in [4.69, 9.17) is 29.5 Å². The van der Waals surface area contributed by atoms with Gasteiger partial charge in [-0.05, 0) is 6.42 Å². The summed E-state index contributed by atoms with van der Waals surface area (Å²) in [4.78, 5) is 0. The first-order valence-electron chi connectivity index (χ1n) is 3.94. The minimum Gasteiger partial charge on any atom is -0.381 e. The van der Waals surface area contributed by atoms with E-state index >= 15 is 0 Å². The third-order valence-electron chi connectivity index (χ3n) is 1.84. The van der Waals surface area contributed by atoms with Crippen molar-refractivity contribution >= 4 is 7.85 Å². The Balaban J connectivity index is 2.36. The minimum atomic E-state index is -0.263. The number of nitrogens with two attached hydrogens (primary N) is 1. The Morgan fingerprint density at radius 3 is 3.08 bits per heavy atom. The zero-order valence-electron chi connectivity index (χ0n) is 6.90. The molecule has 1 aliphatic rings. The highest BCUT2D eigenvalue weighted by molar-refractivity contribution is 6.11. The highest BCUT2D eigenvalue weighted by Gasteiger charge is 2.31. The van der Waals surface area contributed by atoms with Crippen LogP contribution in [0.5, 0.6) is 0 Å². The quantitative estimate of drug-likeness (QED) is 0.441. The lowest BCUT2D eigenvalue weighted by molar-refractivity contribution is 0.00424. The Kier molecular flexibility index (Phi) is 3.61. The Labute approximate surface area is 74.0 Å². The molecule has 1 saturated heterocycles. The summed E-state index contributed by atoms with van der Waals surface area (Å²) in [6.45, 7) is 0.709. The summed E-state index contributed by atoms with van der Waals surface area (Å²) in [6.07, 6.45) is 5.58. The van der Waals surface area contributed by atoms with Crippen molar-refractivity contribution in [2.75, 3.05) is 13.2 Å².